The van der Waals surface area contributed by atoms with Gasteiger partial charge in [-0.3, -0.25) is 0 Å². The molecule has 0 amide bonds. The van der Waals surface area contributed by atoms with Crippen molar-refractivity contribution in [3.8, 4) is 10.4 Å². The van der Waals surface area contributed by atoms with Gasteiger partial charge >= 0.3 is 0 Å². The van der Waals surface area contributed by atoms with Gasteiger partial charge < -0.3 is 4.90 Å². The standard InChI is InChI=1S/C37H26N2S/c1-3-11-28(12-4-1)39(29-13-5-2-6-14-29)30-21-19-27(20-22-30)37-26-24-31(40-37)23-25-32-33-15-7-9-17-35(33)38-36-18-10-8-16-34(32)36/h1-26H/b25-23+. The van der Waals surface area contributed by atoms with Gasteiger partial charge in [0.05, 0.1) is 11.0 Å². The number of fused-ring (bicyclic) bond motifs is 2. The molecule has 7 rings (SSSR count). The Kier molecular flexibility index (Phi) is 6.41. The summed E-state index contributed by atoms with van der Waals surface area (Å²) in [5.74, 6) is 0. The molecule has 0 saturated heterocycles. The minimum Gasteiger partial charge on any atom is -0.311 e. The molecule has 2 aromatic heterocycles. The van der Waals surface area contributed by atoms with E-state index in [1.807, 2.05) is 12.1 Å². The van der Waals surface area contributed by atoms with E-state index < -0.39 is 0 Å². The van der Waals surface area contributed by atoms with Gasteiger partial charge in [-0.15, -0.1) is 11.3 Å². The Bertz CT molecular complexity index is 1840. The number of thiophene rings is 1. The maximum Gasteiger partial charge on any atom is 0.0715 e. The van der Waals surface area contributed by atoms with E-state index in [0.717, 1.165) is 28.1 Å². The molecule has 40 heavy (non-hydrogen) atoms. The highest BCUT2D eigenvalue weighted by Gasteiger charge is 2.12. The quantitative estimate of drug-likeness (QED) is 0.199. The molecule has 0 aliphatic rings. The second-order valence-electron chi connectivity index (χ2n) is 9.65. The molecule has 0 N–H and O–H groups in total. The molecule has 0 atom stereocenters. The van der Waals surface area contributed by atoms with Crippen LogP contribution in [0.25, 0.3) is 44.4 Å². The predicted octanol–water partition coefficient (Wildman–Crippen LogP) is 10.8. The molecule has 2 heterocycles. The summed E-state index contributed by atoms with van der Waals surface area (Å²) < 4.78 is 0. The molecule has 190 valence electrons. The minimum atomic E-state index is 1.02. The van der Waals surface area contributed by atoms with Gasteiger partial charge in [0.25, 0.3) is 0 Å². The Morgan fingerprint density at radius 3 is 1.60 bits per heavy atom. The second-order valence-corrected chi connectivity index (χ2v) is 10.8. The molecule has 2 nitrogen and oxygen atoms in total. The summed E-state index contributed by atoms with van der Waals surface area (Å²) in [6.07, 6.45) is 4.46. The number of benzene rings is 5. The van der Waals surface area contributed by atoms with Gasteiger partial charge in [0.2, 0.25) is 0 Å². The molecule has 0 spiro atoms. The first-order valence-electron chi connectivity index (χ1n) is 13.4. The lowest BCUT2D eigenvalue weighted by Gasteiger charge is -2.25. The van der Waals surface area contributed by atoms with Crippen molar-refractivity contribution in [2.75, 3.05) is 4.90 Å². The lowest BCUT2D eigenvalue weighted by Crippen LogP contribution is -2.09. The average Bonchev–Trinajstić information content (AvgIpc) is 3.50. The summed E-state index contributed by atoms with van der Waals surface area (Å²) in [7, 11) is 0. The Labute approximate surface area is 238 Å². The van der Waals surface area contributed by atoms with Gasteiger partial charge in [-0.05, 0) is 77.9 Å². The van der Waals surface area contributed by atoms with Crippen LogP contribution in [0.3, 0.4) is 0 Å². The molecular weight excluding hydrogens is 504 g/mol. The SMILES string of the molecule is C(=C\c1c2ccccc2nc2ccccc12)/c1ccc(-c2ccc(N(c3ccccc3)c3ccccc3)cc2)s1. The highest BCUT2D eigenvalue weighted by molar-refractivity contribution is 7.16. The topological polar surface area (TPSA) is 16.1 Å². The van der Waals surface area contributed by atoms with Crippen LogP contribution in [0.15, 0.2) is 146 Å². The molecule has 0 unspecified atom stereocenters. The van der Waals surface area contributed by atoms with Gasteiger partial charge in [0, 0.05) is 37.6 Å². The van der Waals surface area contributed by atoms with Crippen LogP contribution in [0.2, 0.25) is 0 Å². The molecule has 0 saturated carbocycles. The first-order chi connectivity index (χ1) is 19.8. The molecule has 0 aliphatic carbocycles. The Morgan fingerprint density at radius 2 is 1.00 bits per heavy atom. The number of rotatable bonds is 6. The lowest BCUT2D eigenvalue weighted by molar-refractivity contribution is 1.28. The summed E-state index contributed by atoms with van der Waals surface area (Å²) >= 11 is 1.81. The molecule has 3 heteroatoms. The van der Waals surface area contributed by atoms with Crippen LogP contribution in [0.1, 0.15) is 10.4 Å². The summed E-state index contributed by atoms with van der Waals surface area (Å²) in [6.45, 7) is 0. The van der Waals surface area contributed by atoms with Crippen molar-refractivity contribution in [1.29, 1.82) is 0 Å². The second kappa shape index (κ2) is 10.6. The zero-order valence-corrected chi connectivity index (χ0v) is 22.6. The molecular formula is C37H26N2S. The summed E-state index contributed by atoms with van der Waals surface area (Å²) in [4.78, 5) is 9.62. The van der Waals surface area contributed by atoms with E-state index in [1.165, 1.54) is 31.7 Å². The normalized spacial score (nSPS) is 11.4. The molecule has 0 fully saturated rings. The van der Waals surface area contributed by atoms with E-state index >= 15 is 0 Å². The van der Waals surface area contributed by atoms with Gasteiger partial charge in [-0.25, -0.2) is 4.98 Å². The van der Waals surface area contributed by atoms with Crippen LogP contribution in [-0.2, 0) is 0 Å². The fourth-order valence-electron chi connectivity index (χ4n) is 5.19. The van der Waals surface area contributed by atoms with E-state index in [9.17, 15) is 0 Å². The maximum absolute atomic E-state index is 4.86. The van der Waals surface area contributed by atoms with E-state index in [0.29, 0.717) is 0 Å². The Morgan fingerprint density at radius 1 is 0.475 bits per heavy atom. The largest absolute Gasteiger partial charge is 0.311 e. The number of hydrogen-bond donors (Lipinski definition) is 0. The van der Waals surface area contributed by atoms with E-state index in [2.05, 4.69) is 151 Å². The number of nitrogens with zero attached hydrogens (tertiary/aromatic N) is 2. The maximum atomic E-state index is 4.86. The highest BCUT2D eigenvalue weighted by Crippen LogP contribution is 2.37. The van der Waals surface area contributed by atoms with Crippen molar-refractivity contribution < 1.29 is 0 Å². The first-order valence-corrected chi connectivity index (χ1v) is 14.2. The first kappa shape index (κ1) is 24.1. The Balaban J connectivity index is 1.19. The Hall–Kier alpha value is -4.99. The highest BCUT2D eigenvalue weighted by atomic mass is 32.1. The van der Waals surface area contributed by atoms with Crippen LogP contribution < -0.4 is 4.90 Å². The van der Waals surface area contributed by atoms with Crippen molar-refractivity contribution in [2.45, 2.75) is 0 Å². The average molecular weight is 531 g/mol. The van der Waals surface area contributed by atoms with Crippen LogP contribution in [-0.4, -0.2) is 4.98 Å². The predicted molar refractivity (Wildman–Crippen MR) is 173 cm³/mol. The number of aromatic nitrogens is 1. The molecule has 0 radical (unpaired) electrons. The van der Waals surface area contributed by atoms with Gasteiger partial charge in [-0.2, -0.15) is 0 Å². The number of anilines is 3. The lowest BCUT2D eigenvalue weighted by atomic mass is 10.0. The van der Waals surface area contributed by atoms with Crippen molar-refractivity contribution in [3.05, 3.63) is 156 Å². The van der Waals surface area contributed by atoms with Crippen molar-refractivity contribution in [1.82, 2.24) is 4.98 Å². The van der Waals surface area contributed by atoms with E-state index in [1.54, 1.807) is 11.3 Å². The van der Waals surface area contributed by atoms with Gasteiger partial charge in [0.15, 0.2) is 0 Å². The smallest absolute Gasteiger partial charge is 0.0715 e. The van der Waals surface area contributed by atoms with Crippen molar-refractivity contribution in [2.24, 2.45) is 0 Å². The van der Waals surface area contributed by atoms with Gasteiger partial charge in [0.1, 0.15) is 0 Å². The number of hydrogen-bond acceptors (Lipinski definition) is 3. The zero-order chi connectivity index (χ0) is 26.7. The van der Waals surface area contributed by atoms with Crippen LogP contribution >= 0.6 is 11.3 Å². The molecule has 5 aromatic carbocycles. The summed E-state index contributed by atoms with van der Waals surface area (Å²) in [6, 6.07) is 51.0. The molecule has 0 aliphatic heterocycles. The van der Waals surface area contributed by atoms with Crippen molar-refractivity contribution >= 4 is 62.4 Å². The number of para-hydroxylation sites is 4. The third-order valence-electron chi connectivity index (χ3n) is 7.11. The molecule has 7 aromatic rings. The monoisotopic (exact) mass is 530 g/mol. The van der Waals surface area contributed by atoms with Crippen LogP contribution in [0.4, 0.5) is 17.1 Å². The third-order valence-corrected chi connectivity index (χ3v) is 8.21. The van der Waals surface area contributed by atoms with E-state index in [4.69, 9.17) is 4.98 Å². The van der Waals surface area contributed by atoms with Gasteiger partial charge in [-0.1, -0.05) is 91.0 Å². The van der Waals surface area contributed by atoms with Crippen LogP contribution in [0, 0.1) is 0 Å². The fourth-order valence-corrected chi connectivity index (χ4v) is 6.11. The third kappa shape index (κ3) is 4.68. The molecule has 0 bridgehead atoms. The zero-order valence-electron chi connectivity index (χ0n) is 21.8. The summed E-state index contributed by atoms with van der Waals surface area (Å²) in [5.41, 5.74) is 7.88. The fraction of sp³-hybridized carbons (Fsp3) is 0. The minimum absolute atomic E-state index is 1.02. The van der Waals surface area contributed by atoms with Crippen LogP contribution in [0.5, 0.6) is 0 Å². The van der Waals surface area contributed by atoms with Crippen molar-refractivity contribution in [3.63, 3.8) is 0 Å². The summed E-state index contributed by atoms with van der Waals surface area (Å²) in [5, 5.41) is 2.34. The van der Waals surface area contributed by atoms with E-state index in [-0.39, 0.29) is 0 Å². The number of pyridine rings is 1.